The highest BCUT2D eigenvalue weighted by Gasteiger charge is 2.16. The fourth-order valence-electron chi connectivity index (χ4n) is 2.01. The summed E-state index contributed by atoms with van der Waals surface area (Å²) in [7, 11) is 1.94. The Morgan fingerprint density at radius 2 is 2.00 bits per heavy atom. The number of nitrogen functional groups attached to an aromatic ring is 1. The Morgan fingerprint density at radius 3 is 2.68 bits per heavy atom. The number of hydrogen-bond donors (Lipinski definition) is 1. The van der Waals surface area contributed by atoms with Gasteiger partial charge < -0.3 is 5.73 Å². The SMILES string of the molecule is CC(c1ccccc1F)N(C)Cc1ncccc1N. The van der Waals surface area contributed by atoms with Crippen molar-refractivity contribution in [2.75, 3.05) is 12.8 Å². The van der Waals surface area contributed by atoms with Gasteiger partial charge in [0.05, 0.1) is 11.4 Å². The smallest absolute Gasteiger partial charge is 0.127 e. The van der Waals surface area contributed by atoms with E-state index in [1.165, 1.54) is 6.07 Å². The molecule has 1 unspecified atom stereocenters. The van der Waals surface area contributed by atoms with Crippen LogP contribution in [0.25, 0.3) is 0 Å². The largest absolute Gasteiger partial charge is 0.397 e. The number of pyridine rings is 1. The van der Waals surface area contributed by atoms with Crippen molar-refractivity contribution in [1.29, 1.82) is 0 Å². The summed E-state index contributed by atoms with van der Waals surface area (Å²) >= 11 is 0. The number of benzene rings is 1. The van der Waals surface area contributed by atoms with Gasteiger partial charge in [-0.1, -0.05) is 18.2 Å². The minimum atomic E-state index is -0.184. The summed E-state index contributed by atoms with van der Waals surface area (Å²) in [6.07, 6.45) is 1.72. The van der Waals surface area contributed by atoms with E-state index in [9.17, 15) is 4.39 Å². The Morgan fingerprint density at radius 1 is 1.26 bits per heavy atom. The second-order valence-corrected chi connectivity index (χ2v) is 4.65. The molecule has 100 valence electrons. The minimum absolute atomic E-state index is 0.0393. The summed E-state index contributed by atoms with van der Waals surface area (Å²) in [6, 6.07) is 10.4. The topological polar surface area (TPSA) is 42.2 Å². The van der Waals surface area contributed by atoms with Gasteiger partial charge in [-0.15, -0.1) is 0 Å². The van der Waals surface area contributed by atoms with Crippen LogP contribution in [-0.2, 0) is 6.54 Å². The van der Waals surface area contributed by atoms with E-state index in [1.807, 2.05) is 31.0 Å². The molecule has 3 nitrogen and oxygen atoms in total. The first-order chi connectivity index (χ1) is 9.09. The van der Waals surface area contributed by atoms with Gasteiger partial charge >= 0.3 is 0 Å². The maximum absolute atomic E-state index is 13.8. The third-order valence-electron chi connectivity index (χ3n) is 3.34. The highest BCUT2D eigenvalue weighted by Crippen LogP contribution is 2.23. The van der Waals surface area contributed by atoms with Gasteiger partial charge in [0.25, 0.3) is 0 Å². The molecule has 1 aromatic carbocycles. The molecule has 0 aliphatic heterocycles. The summed E-state index contributed by atoms with van der Waals surface area (Å²) in [5, 5.41) is 0. The summed E-state index contributed by atoms with van der Waals surface area (Å²) in [5.41, 5.74) is 8.03. The van der Waals surface area contributed by atoms with E-state index >= 15 is 0 Å². The van der Waals surface area contributed by atoms with Gasteiger partial charge in [0.1, 0.15) is 5.82 Å². The summed E-state index contributed by atoms with van der Waals surface area (Å²) in [4.78, 5) is 6.28. The third-order valence-corrected chi connectivity index (χ3v) is 3.34. The normalized spacial score (nSPS) is 12.6. The van der Waals surface area contributed by atoms with E-state index in [0.717, 1.165) is 5.69 Å². The van der Waals surface area contributed by atoms with Crippen LogP contribution in [0.4, 0.5) is 10.1 Å². The molecular weight excluding hydrogens is 241 g/mol. The maximum atomic E-state index is 13.8. The van der Waals surface area contributed by atoms with E-state index in [-0.39, 0.29) is 11.9 Å². The van der Waals surface area contributed by atoms with Crippen molar-refractivity contribution in [3.63, 3.8) is 0 Å². The van der Waals surface area contributed by atoms with Crippen molar-refractivity contribution in [3.05, 3.63) is 59.7 Å². The van der Waals surface area contributed by atoms with E-state index in [2.05, 4.69) is 4.98 Å². The monoisotopic (exact) mass is 259 g/mol. The van der Waals surface area contributed by atoms with E-state index < -0.39 is 0 Å². The third kappa shape index (κ3) is 3.09. The maximum Gasteiger partial charge on any atom is 0.127 e. The highest BCUT2D eigenvalue weighted by molar-refractivity contribution is 5.41. The lowest BCUT2D eigenvalue weighted by molar-refractivity contribution is 0.245. The fraction of sp³-hybridized carbons (Fsp3) is 0.267. The molecule has 2 N–H and O–H groups in total. The Bertz CT molecular complexity index is 557. The molecule has 4 heteroatoms. The summed E-state index contributed by atoms with van der Waals surface area (Å²) in [6.45, 7) is 2.56. The summed E-state index contributed by atoms with van der Waals surface area (Å²) in [5.74, 6) is -0.184. The van der Waals surface area contributed by atoms with Crippen molar-refractivity contribution in [1.82, 2.24) is 9.88 Å². The average molecular weight is 259 g/mol. The molecule has 0 radical (unpaired) electrons. The number of halogens is 1. The van der Waals surface area contributed by atoms with Crippen LogP contribution in [-0.4, -0.2) is 16.9 Å². The molecule has 0 spiro atoms. The van der Waals surface area contributed by atoms with Crippen molar-refractivity contribution in [2.45, 2.75) is 19.5 Å². The second kappa shape index (κ2) is 5.80. The van der Waals surface area contributed by atoms with Gasteiger partial charge in [-0.2, -0.15) is 0 Å². The predicted octanol–water partition coefficient (Wildman–Crippen LogP) is 3.00. The zero-order valence-electron chi connectivity index (χ0n) is 11.2. The predicted molar refractivity (Wildman–Crippen MR) is 74.9 cm³/mol. The quantitative estimate of drug-likeness (QED) is 0.917. The molecule has 0 amide bonds. The molecule has 1 heterocycles. The van der Waals surface area contributed by atoms with Gasteiger partial charge in [-0.05, 0) is 32.2 Å². The van der Waals surface area contributed by atoms with Crippen LogP contribution in [0.2, 0.25) is 0 Å². The molecule has 0 saturated heterocycles. The standard InChI is InChI=1S/C15H18FN3/c1-11(12-6-3-4-7-13(12)16)19(2)10-15-14(17)8-5-9-18-15/h3-9,11H,10,17H2,1-2H3. The molecule has 0 bridgehead atoms. The second-order valence-electron chi connectivity index (χ2n) is 4.65. The van der Waals surface area contributed by atoms with Crippen molar-refractivity contribution < 1.29 is 4.39 Å². The molecule has 1 atom stereocenters. The number of rotatable bonds is 4. The molecule has 0 saturated carbocycles. The summed E-state index contributed by atoms with van der Waals surface area (Å²) < 4.78 is 13.8. The van der Waals surface area contributed by atoms with Gasteiger partial charge in [0.2, 0.25) is 0 Å². The molecule has 0 aliphatic rings. The first-order valence-electron chi connectivity index (χ1n) is 6.23. The molecule has 1 aromatic heterocycles. The molecule has 19 heavy (non-hydrogen) atoms. The number of aromatic nitrogens is 1. The van der Waals surface area contributed by atoms with Crippen molar-refractivity contribution in [3.8, 4) is 0 Å². The lowest BCUT2D eigenvalue weighted by atomic mass is 10.1. The van der Waals surface area contributed by atoms with E-state index in [0.29, 0.717) is 17.8 Å². The lowest BCUT2D eigenvalue weighted by Gasteiger charge is -2.25. The Hall–Kier alpha value is -1.94. The Labute approximate surface area is 112 Å². The number of anilines is 1. The van der Waals surface area contributed by atoms with Crippen molar-refractivity contribution in [2.24, 2.45) is 0 Å². The number of nitrogens with two attached hydrogens (primary N) is 1. The van der Waals surface area contributed by atoms with Crippen molar-refractivity contribution >= 4 is 5.69 Å². The van der Waals surface area contributed by atoms with Gasteiger partial charge in [0, 0.05) is 24.3 Å². The first-order valence-corrected chi connectivity index (χ1v) is 6.23. The van der Waals surface area contributed by atoms with Crippen LogP contribution < -0.4 is 5.73 Å². The van der Waals surface area contributed by atoms with Crippen LogP contribution in [0.3, 0.4) is 0 Å². The average Bonchev–Trinajstić information content (AvgIpc) is 2.41. The number of nitrogens with zero attached hydrogens (tertiary/aromatic N) is 2. The molecule has 2 aromatic rings. The van der Waals surface area contributed by atoms with Gasteiger partial charge in [0.15, 0.2) is 0 Å². The zero-order valence-corrected chi connectivity index (χ0v) is 11.2. The first kappa shape index (κ1) is 13.5. The Balaban J connectivity index is 2.14. The minimum Gasteiger partial charge on any atom is -0.397 e. The highest BCUT2D eigenvalue weighted by atomic mass is 19.1. The van der Waals surface area contributed by atoms with E-state index in [4.69, 9.17) is 5.73 Å². The van der Waals surface area contributed by atoms with Crippen LogP contribution >= 0.6 is 0 Å². The van der Waals surface area contributed by atoms with Crippen LogP contribution in [0.5, 0.6) is 0 Å². The molecular formula is C15H18FN3. The van der Waals surface area contributed by atoms with Gasteiger partial charge in [-0.3, -0.25) is 9.88 Å². The van der Waals surface area contributed by atoms with E-state index in [1.54, 1.807) is 24.4 Å². The molecule has 0 aliphatic carbocycles. The van der Waals surface area contributed by atoms with Crippen LogP contribution in [0.15, 0.2) is 42.6 Å². The molecule has 0 fully saturated rings. The number of hydrogen-bond acceptors (Lipinski definition) is 3. The van der Waals surface area contributed by atoms with Crippen LogP contribution in [0, 0.1) is 5.82 Å². The van der Waals surface area contributed by atoms with Gasteiger partial charge in [-0.25, -0.2) is 4.39 Å². The molecule has 2 rings (SSSR count). The Kier molecular flexibility index (Phi) is 4.12. The fourth-order valence-corrected chi connectivity index (χ4v) is 2.01. The lowest BCUT2D eigenvalue weighted by Crippen LogP contribution is -2.23. The van der Waals surface area contributed by atoms with Crippen LogP contribution in [0.1, 0.15) is 24.2 Å². The zero-order chi connectivity index (χ0) is 13.8.